The Bertz CT molecular complexity index is 1110. The molecular weight excluding hydrogens is 430 g/mol. The highest BCUT2D eigenvalue weighted by Gasteiger charge is 2.17. The molecule has 0 fully saturated rings. The molecule has 0 aliphatic heterocycles. The van der Waals surface area contributed by atoms with Gasteiger partial charge in [-0.2, -0.15) is 8.78 Å². The van der Waals surface area contributed by atoms with Gasteiger partial charge in [-0.05, 0) is 34.9 Å². The number of hydrogen-bond acceptors (Lipinski definition) is 4. The van der Waals surface area contributed by atoms with E-state index < -0.39 is 12.5 Å². The van der Waals surface area contributed by atoms with Crippen molar-refractivity contribution >= 4 is 11.8 Å². The first-order chi connectivity index (χ1) is 15.9. The monoisotopic (exact) mass is 454 g/mol. The average molecular weight is 454 g/mol. The second-order valence-corrected chi connectivity index (χ2v) is 7.20. The Morgan fingerprint density at radius 3 is 2.36 bits per heavy atom. The minimum absolute atomic E-state index is 0.0103. The van der Waals surface area contributed by atoms with Crippen LogP contribution in [0.25, 0.3) is 11.1 Å². The number of rotatable bonds is 9. The van der Waals surface area contributed by atoms with Gasteiger partial charge >= 0.3 is 6.61 Å². The van der Waals surface area contributed by atoms with Gasteiger partial charge < -0.3 is 19.7 Å². The van der Waals surface area contributed by atoms with E-state index in [1.807, 2.05) is 54.6 Å². The normalized spacial score (nSPS) is 10.6. The highest BCUT2D eigenvalue weighted by molar-refractivity contribution is 5.97. The molecule has 0 saturated heterocycles. The molecule has 3 aromatic carbocycles. The zero-order chi connectivity index (χ0) is 23.8. The molecular formula is C25H24F2N2O4. The summed E-state index contributed by atoms with van der Waals surface area (Å²) in [6.45, 7) is -2.87. The summed E-state index contributed by atoms with van der Waals surface area (Å²) in [5.41, 5.74) is 3.21. The average Bonchev–Trinajstić information content (AvgIpc) is 2.83. The Morgan fingerprint density at radius 2 is 1.67 bits per heavy atom. The van der Waals surface area contributed by atoms with E-state index in [1.165, 1.54) is 30.2 Å². The molecule has 0 aliphatic carbocycles. The molecule has 0 saturated carbocycles. The molecule has 0 aromatic heterocycles. The number of alkyl halides is 2. The van der Waals surface area contributed by atoms with Crippen molar-refractivity contribution in [1.82, 2.24) is 10.2 Å². The van der Waals surface area contributed by atoms with Crippen LogP contribution in [0.3, 0.4) is 0 Å². The molecule has 172 valence electrons. The van der Waals surface area contributed by atoms with Crippen LogP contribution in [0.5, 0.6) is 11.5 Å². The number of nitrogens with one attached hydrogen (secondary N) is 1. The summed E-state index contributed by atoms with van der Waals surface area (Å²) in [5, 5.41) is 2.55. The predicted molar refractivity (Wildman–Crippen MR) is 120 cm³/mol. The first-order valence-corrected chi connectivity index (χ1v) is 10.2. The van der Waals surface area contributed by atoms with Crippen LogP contribution < -0.4 is 14.8 Å². The maximum absolute atomic E-state index is 12.6. The summed E-state index contributed by atoms with van der Waals surface area (Å²) in [6, 6.07) is 21.5. The van der Waals surface area contributed by atoms with Crippen molar-refractivity contribution in [2.24, 2.45) is 0 Å². The highest BCUT2D eigenvalue weighted by atomic mass is 19.3. The quantitative estimate of drug-likeness (QED) is 0.522. The van der Waals surface area contributed by atoms with Crippen LogP contribution >= 0.6 is 0 Å². The van der Waals surface area contributed by atoms with Gasteiger partial charge in [0.15, 0.2) is 11.5 Å². The smallest absolute Gasteiger partial charge is 0.387 e. The Kier molecular flexibility index (Phi) is 7.96. The lowest BCUT2D eigenvalue weighted by Gasteiger charge is -2.20. The van der Waals surface area contributed by atoms with Gasteiger partial charge in [-0.25, -0.2) is 0 Å². The third-order valence-electron chi connectivity index (χ3n) is 4.98. The van der Waals surface area contributed by atoms with Crippen LogP contribution in [0.4, 0.5) is 8.78 Å². The molecule has 2 amide bonds. The first kappa shape index (κ1) is 23.7. The molecule has 8 heteroatoms. The molecule has 0 heterocycles. The SMILES string of the molecule is COc1cc(C(=O)NCC(=O)N(C)Cc2ccccc2-c2ccccc2)ccc1OC(F)F. The lowest BCUT2D eigenvalue weighted by Crippen LogP contribution is -2.37. The molecule has 3 aromatic rings. The van der Waals surface area contributed by atoms with Gasteiger partial charge in [-0.3, -0.25) is 9.59 Å². The van der Waals surface area contributed by atoms with Gasteiger partial charge in [0.2, 0.25) is 5.91 Å². The number of ether oxygens (including phenoxy) is 2. The Labute approximate surface area is 190 Å². The topological polar surface area (TPSA) is 67.9 Å². The maximum atomic E-state index is 12.6. The molecule has 33 heavy (non-hydrogen) atoms. The summed E-state index contributed by atoms with van der Waals surface area (Å²) < 4.78 is 34.3. The van der Waals surface area contributed by atoms with E-state index in [4.69, 9.17) is 4.74 Å². The third kappa shape index (κ3) is 6.29. The highest BCUT2D eigenvalue weighted by Crippen LogP contribution is 2.29. The fraction of sp³-hybridized carbons (Fsp3) is 0.200. The number of carbonyl (C=O) groups is 2. The Morgan fingerprint density at radius 1 is 0.970 bits per heavy atom. The maximum Gasteiger partial charge on any atom is 0.387 e. The molecule has 0 radical (unpaired) electrons. The van der Waals surface area contributed by atoms with Crippen molar-refractivity contribution in [2.45, 2.75) is 13.2 Å². The van der Waals surface area contributed by atoms with Crippen LogP contribution in [0.1, 0.15) is 15.9 Å². The second-order valence-electron chi connectivity index (χ2n) is 7.20. The van der Waals surface area contributed by atoms with Crippen LogP contribution in [-0.4, -0.2) is 44.0 Å². The Hall–Kier alpha value is -3.94. The van der Waals surface area contributed by atoms with Crippen molar-refractivity contribution in [1.29, 1.82) is 0 Å². The predicted octanol–water partition coefficient (Wildman–Crippen LogP) is 4.35. The van der Waals surface area contributed by atoms with Gasteiger partial charge in [0.1, 0.15) is 0 Å². The van der Waals surface area contributed by atoms with E-state index in [-0.39, 0.29) is 29.5 Å². The number of carbonyl (C=O) groups excluding carboxylic acids is 2. The van der Waals surface area contributed by atoms with Crippen molar-refractivity contribution in [3.8, 4) is 22.6 Å². The minimum atomic E-state index is -3.02. The Balaban J connectivity index is 1.62. The molecule has 1 N–H and O–H groups in total. The largest absolute Gasteiger partial charge is 0.493 e. The molecule has 0 atom stereocenters. The summed E-state index contributed by atoms with van der Waals surface area (Å²) in [4.78, 5) is 26.6. The molecule has 0 spiro atoms. The molecule has 0 aliphatic rings. The zero-order valence-corrected chi connectivity index (χ0v) is 18.3. The van der Waals surface area contributed by atoms with E-state index in [9.17, 15) is 18.4 Å². The lowest BCUT2D eigenvalue weighted by atomic mass is 9.99. The molecule has 0 bridgehead atoms. The number of hydrogen-bond donors (Lipinski definition) is 1. The number of methoxy groups -OCH3 is 1. The number of halogens is 2. The number of benzene rings is 3. The number of likely N-dealkylation sites (N-methyl/N-ethyl adjacent to an activating group) is 1. The minimum Gasteiger partial charge on any atom is -0.493 e. The van der Waals surface area contributed by atoms with Crippen molar-refractivity contribution in [2.75, 3.05) is 20.7 Å². The van der Waals surface area contributed by atoms with Gasteiger partial charge in [0, 0.05) is 19.2 Å². The van der Waals surface area contributed by atoms with Crippen LogP contribution in [-0.2, 0) is 11.3 Å². The zero-order valence-electron chi connectivity index (χ0n) is 18.3. The van der Waals surface area contributed by atoms with Gasteiger partial charge in [0.25, 0.3) is 5.91 Å². The fourth-order valence-corrected chi connectivity index (χ4v) is 3.30. The molecule has 3 rings (SSSR count). The lowest BCUT2D eigenvalue weighted by molar-refractivity contribution is -0.129. The fourth-order valence-electron chi connectivity index (χ4n) is 3.30. The number of nitrogens with zero attached hydrogens (tertiary/aromatic N) is 1. The first-order valence-electron chi connectivity index (χ1n) is 10.2. The third-order valence-corrected chi connectivity index (χ3v) is 4.98. The second kappa shape index (κ2) is 11.1. The van der Waals surface area contributed by atoms with Gasteiger partial charge in [-0.15, -0.1) is 0 Å². The van der Waals surface area contributed by atoms with E-state index >= 15 is 0 Å². The summed E-state index contributed by atoms with van der Waals surface area (Å²) >= 11 is 0. The van der Waals surface area contributed by atoms with Gasteiger partial charge in [0.05, 0.1) is 13.7 Å². The van der Waals surface area contributed by atoms with Crippen LogP contribution in [0, 0.1) is 0 Å². The van der Waals surface area contributed by atoms with E-state index in [0.29, 0.717) is 6.54 Å². The van der Waals surface area contributed by atoms with Crippen molar-refractivity contribution in [3.05, 3.63) is 83.9 Å². The molecule has 6 nitrogen and oxygen atoms in total. The summed E-state index contributed by atoms with van der Waals surface area (Å²) in [6.07, 6.45) is 0. The van der Waals surface area contributed by atoms with E-state index in [1.54, 1.807) is 7.05 Å². The summed E-state index contributed by atoms with van der Waals surface area (Å²) in [5.74, 6) is -1.01. The van der Waals surface area contributed by atoms with E-state index in [0.717, 1.165) is 16.7 Å². The summed E-state index contributed by atoms with van der Waals surface area (Å²) in [7, 11) is 2.94. The van der Waals surface area contributed by atoms with Crippen molar-refractivity contribution in [3.63, 3.8) is 0 Å². The molecule has 0 unspecified atom stereocenters. The number of amides is 2. The standard InChI is InChI=1S/C25H24F2N2O4/c1-29(16-19-10-6-7-11-20(19)17-8-4-3-5-9-17)23(30)15-28-24(31)18-12-13-21(33-25(26)27)22(14-18)32-2/h3-14,25H,15-16H2,1-2H3,(H,28,31). The van der Waals surface area contributed by atoms with E-state index in [2.05, 4.69) is 10.1 Å². The van der Waals surface area contributed by atoms with Crippen LogP contribution in [0.15, 0.2) is 72.8 Å². The van der Waals surface area contributed by atoms with Crippen LogP contribution in [0.2, 0.25) is 0 Å². The van der Waals surface area contributed by atoms with Gasteiger partial charge in [-0.1, -0.05) is 54.6 Å². The van der Waals surface area contributed by atoms with Crippen molar-refractivity contribution < 1.29 is 27.8 Å².